The summed E-state index contributed by atoms with van der Waals surface area (Å²) in [6.07, 6.45) is 2.71. The molecule has 0 aromatic heterocycles. The summed E-state index contributed by atoms with van der Waals surface area (Å²) in [6, 6.07) is 8.52. The Morgan fingerprint density at radius 3 is 2.50 bits per heavy atom. The molecule has 124 valence electrons. The van der Waals surface area contributed by atoms with Crippen LogP contribution in [0.4, 0.5) is 0 Å². The van der Waals surface area contributed by atoms with Gasteiger partial charge in [0.15, 0.2) is 0 Å². The molecule has 1 aromatic rings. The molecular formula is C18H29ClN2O. The van der Waals surface area contributed by atoms with E-state index in [0.717, 1.165) is 32.4 Å². The maximum absolute atomic E-state index is 12.9. The van der Waals surface area contributed by atoms with Gasteiger partial charge in [-0.05, 0) is 37.3 Å². The Balaban J connectivity index is 0.00000242. The zero-order chi connectivity index (χ0) is 15.5. The maximum Gasteiger partial charge on any atom is 0.230 e. The lowest BCUT2D eigenvalue weighted by atomic mass is 9.81. The Bertz CT molecular complexity index is 491. The summed E-state index contributed by atoms with van der Waals surface area (Å²) in [5.74, 6) is 0.727. The second-order valence-corrected chi connectivity index (χ2v) is 6.28. The van der Waals surface area contributed by atoms with Crippen LogP contribution in [0.15, 0.2) is 24.3 Å². The van der Waals surface area contributed by atoms with Crippen LogP contribution < -0.4 is 5.73 Å². The molecule has 0 spiro atoms. The number of halogens is 1. The molecule has 0 saturated carbocycles. The summed E-state index contributed by atoms with van der Waals surface area (Å²) in [6.45, 7) is 8.45. The number of likely N-dealkylation sites (tertiary alicyclic amines) is 1. The Morgan fingerprint density at radius 2 is 1.95 bits per heavy atom. The highest BCUT2D eigenvalue weighted by molar-refractivity contribution is 5.85. The number of aryl methyl sites for hydroxylation is 1. The van der Waals surface area contributed by atoms with E-state index in [-0.39, 0.29) is 23.7 Å². The number of carbonyl (C=O) groups is 1. The average Bonchev–Trinajstić information content (AvgIpc) is 2.99. The van der Waals surface area contributed by atoms with Crippen molar-refractivity contribution in [2.45, 2.75) is 46.0 Å². The van der Waals surface area contributed by atoms with Crippen LogP contribution in [-0.4, -0.2) is 30.4 Å². The third-order valence-electron chi connectivity index (χ3n) is 5.30. The molecule has 1 aromatic carbocycles. The standard InChI is InChI=1S/C18H28N2O.ClH/c1-4-18(5-2,13-19)17(21)20-11-10-15(12-20)16-9-7-6-8-14(16)3;/h6-9,15H,4-5,10-13,19H2,1-3H3;1H. The molecular weight excluding hydrogens is 296 g/mol. The molecule has 0 radical (unpaired) electrons. The minimum absolute atomic E-state index is 0. The fourth-order valence-corrected chi connectivity index (χ4v) is 3.51. The summed E-state index contributed by atoms with van der Waals surface area (Å²) in [4.78, 5) is 14.9. The van der Waals surface area contributed by atoms with Crippen molar-refractivity contribution in [1.29, 1.82) is 0 Å². The van der Waals surface area contributed by atoms with E-state index in [9.17, 15) is 4.79 Å². The van der Waals surface area contributed by atoms with Gasteiger partial charge in [-0.15, -0.1) is 12.4 Å². The van der Waals surface area contributed by atoms with E-state index in [1.807, 2.05) is 4.90 Å². The van der Waals surface area contributed by atoms with Crippen LogP contribution >= 0.6 is 12.4 Å². The van der Waals surface area contributed by atoms with Crippen molar-refractivity contribution in [2.24, 2.45) is 11.1 Å². The highest BCUT2D eigenvalue weighted by atomic mass is 35.5. The van der Waals surface area contributed by atoms with Crippen LogP contribution in [0, 0.1) is 12.3 Å². The first kappa shape index (κ1) is 19.0. The summed E-state index contributed by atoms with van der Waals surface area (Å²) < 4.78 is 0. The number of hydrogen-bond acceptors (Lipinski definition) is 2. The predicted molar refractivity (Wildman–Crippen MR) is 94.4 cm³/mol. The molecule has 0 aliphatic carbocycles. The SMILES string of the molecule is CCC(CC)(CN)C(=O)N1CCC(c2ccccc2C)C1.Cl. The minimum Gasteiger partial charge on any atom is -0.342 e. The van der Waals surface area contributed by atoms with Gasteiger partial charge in [0.05, 0.1) is 5.41 Å². The monoisotopic (exact) mass is 324 g/mol. The first-order valence-corrected chi connectivity index (χ1v) is 8.13. The van der Waals surface area contributed by atoms with Crippen LogP contribution in [0.2, 0.25) is 0 Å². The molecule has 1 heterocycles. The molecule has 0 bridgehead atoms. The lowest BCUT2D eigenvalue weighted by molar-refractivity contribution is -0.141. The zero-order valence-corrected chi connectivity index (χ0v) is 14.8. The molecule has 1 aliphatic heterocycles. The van der Waals surface area contributed by atoms with Crippen molar-refractivity contribution in [1.82, 2.24) is 4.90 Å². The fraction of sp³-hybridized carbons (Fsp3) is 0.611. The van der Waals surface area contributed by atoms with Crippen LogP contribution in [0.1, 0.15) is 50.2 Å². The number of carbonyl (C=O) groups excluding carboxylic acids is 1. The fourth-order valence-electron chi connectivity index (χ4n) is 3.51. The third kappa shape index (κ3) is 3.47. The smallest absolute Gasteiger partial charge is 0.230 e. The first-order chi connectivity index (χ1) is 10.1. The highest BCUT2D eigenvalue weighted by Crippen LogP contribution is 2.34. The molecule has 3 nitrogen and oxygen atoms in total. The number of nitrogens with zero attached hydrogens (tertiary/aromatic N) is 1. The van der Waals surface area contributed by atoms with Crippen molar-refractivity contribution in [3.8, 4) is 0 Å². The minimum atomic E-state index is -0.360. The van der Waals surface area contributed by atoms with Crippen LogP contribution in [0.25, 0.3) is 0 Å². The lowest BCUT2D eigenvalue weighted by Gasteiger charge is -2.33. The number of rotatable bonds is 5. The van der Waals surface area contributed by atoms with Crippen molar-refractivity contribution in [2.75, 3.05) is 19.6 Å². The van der Waals surface area contributed by atoms with Gasteiger partial charge in [0.2, 0.25) is 5.91 Å². The Morgan fingerprint density at radius 1 is 1.32 bits per heavy atom. The molecule has 22 heavy (non-hydrogen) atoms. The van der Waals surface area contributed by atoms with E-state index in [2.05, 4.69) is 45.0 Å². The van der Waals surface area contributed by atoms with Crippen molar-refractivity contribution < 1.29 is 4.79 Å². The molecule has 1 fully saturated rings. The quantitative estimate of drug-likeness (QED) is 0.901. The van der Waals surface area contributed by atoms with Crippen molar-refractivity contribution in [3.63, 3.8) is 0 Å². The second-order valence-electron chi connectivity index (χ2n) is 6.28. The molecule has 4 heteroatoms. The van der Waals surface area contributed by atoms with E-state index < -0.39 is 0 Å². The van der Waals surface area contributed by atoms with Gasteiger partial charge < -0.3 is 10.6 Å². The van der Waals surface area contributed by atoms with Gasteiger partial charge in [0, 0.05) is 25.6 Å². The normalized spacial score (nSPS) is 18.2. The molecule has 1 unspecified atom stereocenters. The van der Waals surface area contributed by atoms with E-state index >= 15 is 0 Å². The van der Waals surface area contributed by atoms with Gasteiger partial charge in [-0.2, -0.15) is 0 Å². The summed E-state index contributed by atoms with van der Waals surface area (Å²) in [5.41, 5.74) is 8.27. The summed E-state index contributed by atoms with van der Waals surface area (Å²) in [7, 11) is 0. The van der Waals surface area contributed by atoms with Gasteiger partial charge in [0.25, 0.3) is 0 Å². The Labute approximate surface area is 140 Å². The first-order valence-electron chi connectivity index (χ1n) is 8.13. The number of benzene rings is 1. The van der Waals surface area contributed by atoms with Crippen molar-refractivity contribution in [3.05, 3.63) is 35.4 Å². The molecule has 1 atom stereocenters. The van der Waals surface area contributed by atoms with E-state index in [4.69, 9.17) is 5.73 Å². The summed E-state index contributed by atoms with van der Waals surface area (Å²) in [5, 5.41) is 0. The van der Waals surface area contributed by atoms with Gasteiger partial charge in [-0.1, -0.05) is 38.1 Å². The summed E-state index contributed by atoms with van der Waals surface area (Å²) >= 11 is 0. The van der Waals surface area contributed by atoms with Crippen LogP contribution in [-0.2, 0) is 4.79 Å². The number of amides is 1. The van der Waals surface area contributed by atoms with E-state index in [0.29, 0.717) is 12.5 Å². The van der Waals surface area contributed by atoms with Crippen molar-refractivity contribution >= 4 is 18.3 Å². The second kappa shape index (κ2) is 7.98. The molecule has 1 aliphatic rings. The topological polar surface area (TPSA) is 46.3 Å². The highest BCUT2D eigenvalue weighted by Gasteiger charge is 2.39. The lowest BCUT2D eigenvalue weighted by Crippen LogP contribution is -2.46. The van der Waals surface area contributed by atoms with Crippen LogP contribution in [0.3, 0.4) is 0 Å². The molecule has 2 N–H and O–H groups in total. The van der Waals surface area contributed by atoms with E-state index in [1.54, 1.807) is 0 Å². The largest absolute Gasteiger partial charge is 0.342 e. The number of nitrogens with two attached hydrogens (primary N) is 1. The molecule has 2 rings (SSSR count). The molecule has 1 amide bonds. The third-order valence-corrected chi connectivity index (χ3v) is 5.30. The number of hydrogen-bond donors (Lipinski definition) is 1. The Kier molecular flexibility index (Phi) is 6.89. The zero-order valence-electron chi connectivity index (χ0n) is 14.0. The van der Waals surface area contributed by atoms with Crippen LogP contribution in [0.5, 0.6) is 0 Å². The maximum atomic E-state index is 12.9. The Hall–Kier alpha value is -1.06. The van der Waals surface area contributed by atoms with Gasteiger partial charge in [-0.25, -0.2) is 0 Å². The van der Waals surface area contributed by atoms with E-state index in [1.165, 1.54) is 11.1 Å². The van der Waals surface area contributed by atoms with Gasteiger partial charge in [-0.3, -0.25) is 4.79 Å². The predicted octanol–water partition coefficient (Wildman–Crippen LogP) is 3.50. The van der Waals surface area contributed by atoms with Gasteiger partial charge >= 0.3 is 0 Å². The average molecular weight is 325 g/mol. The van der Waals surface area contributed by atoms with Gasteiger partial charge in [0.1, 0.15) is 0 Å². The molecule has 1 saturated heterocycles.